The monoisotopic (exact) mass is 271 g/mol. The Morgan fingerprint density at radius 3 is 2.58 bits per heavy atom. The van der Waals surface area contributed by atoms with Crippen LogP contribution in [0.25, 0.3) is 0 Å². The van der Waals surface area contributed by atoms with E-state index in [0.717, 1.165) is 44.7 Å². The molecular formula is C14H23F2N3. The summed E-state index contributed by atoms with van der Waals surface area (Å²) >= 11 is 0. The third-order valence-electron chi connectivity index (χ3n) is 3.20. The van der Waals surface area contributed by atoms with Crippen LogP contribution >= 0.6 is 0 Å². The Labute approximate surface area is 114 Å². The van der Waals surface area contributed by atoms with Crippen molar-refractivity contribution < 1.29 is 8.78 Å². The molecule has 108 valence electrons. The zero-order valence-corrected chi connectivity index (χ0v) is 11.9. The minimum absolute atomic E-state index is 0.114. The molecule has 1 heterocycles. The van der Waals surface area contributed by atoms with Crippen molar-refractivity contribution in [3.8, 4) is 0 Å². The highest BCUT2D eigenvalue weighted by Gasteiger charge is 2.09. The lowest BCUT2D eigenvalue weighted by molar-refractivity contribution is 0.295. The molecule has 1 N–H and O–H groups in total. The maximum atomic E-state index is 13.4. The van der Waals surface area contributed by atoms with Crippen LogP contribution in [0.1, 0.15) is 33.6 Å². The van der Waals surface area contributed by atoms with Gasteiger partial charge in [0.15, 0.2) is 11.6 Å². The molecule has 1 rings (SSSR count). The van der Waals surface area contributed by atoms with Crippen LogP contribution in [-0.2, 0) is 0 Å². The molecule has 0 aliphatic heterocycles. The molecule has 0 aliphatic rings. The lowest BCUT2D eigenvalue weighted by Crippen LogP contribution is -2.26. The Hall–Kier alpha value is -1.23. The Bertz CT molecular complexity index is 381. The topological polar surface area (TPSA) is 28.2 Å². The van der Waals surface area contributed by atoms with E-state index in [-0.39, 0.29) is 11.9 Å². The number of anilines is 1. The van der Waals surface area contributed by atoms with Crippen molar-refractivity contribution in [1.82, 2.24) is 9.88 Å². The fraction of sp³-hybridized carbons (Fsp3) is 0.643. The summed E-state index contributed by atoms with van der Waals surface area (Å²) < 4.78 is 26.1. The molecule has 0 spiro atoms. The molecule has 0 aliphatic carbocycles. The van der Waals surface area contributed by atoms with Gasteiger partial charge in [0.1, 0.15) is 5.82 Å². The van der Waals surface area contributed by atoms with E-state index < -0.39 is 11.6 Å². The van der Waals surface area contributed by atoms with Crippen molar-refractivity contribution in [3.63, 3.8) is 0 Å². The van der Waals surface area contributed by atoms with Crippen LogP contribution in [0, 0.1) is 11.6 Å². The van der Waals surface area contributed by atoms with Gasteiger partial charge in [0, 0.05) is 12.1 Å². The smallest absolute Gasteiger partial charge is 0.168 e. The van der Waals surface area contributed by atoms with Crippen LogP contribution in [0.4, 0.5) is 14.6 Å². The van der Waals surface area contributed by atoms with E-state index in [0.29, 0.717) is 0 Å². The maximum Gasteiger partial charge on any atom is 0.168 e. The highest BCUT2D eigenvalue weighted by molar-refractivity contribution is 5.36. The summed E-state index contributed by atoms with van der Waals surface area (Å²) in [6.45, 7) is 9.40. The molecule has 1 atom stereocenters. The molecule has 0 amide bonds. The molecule has 1 aromatic heterocycles. The second-order valence-electron chi connectivity index (χ2n) is 4.70. The van der Waals surface area contributed by atoms with E-state index in [1.54, 1.807) is 0 Å². The molecule has 19 heavy (non-hydrogen) atoms. The van der Waals surface area contributed by atoms with E-state index in [4.69, 9.17) is 0 Å². The number of aromatic nitrogens is 1. The number of hydrogen-bond acceptors (Lipinski definition) is 3. The van der Waals surface area contributed by atoms with Crippen molar-refractivity contribution in [2.45, 2.75) is 39.7 Å². The zero-order valence-electron chi connectivity index (χ0n) is 11.9. The highest BCUT2D eigenvalue weighted by Crippen LogP contribution is 2.13. The number of nitrogens with zero attached hydrogens (tertiary/aromatic N) is 2. The van der Waals surface area contributed by atoms with Gasteiger partial charge in [-0.3, -0.25) is 0 Å². The van der Waals surface area contributed by atoms with Crippen LogP contribution in [-0.4, -0.2) is 35.6 Å². The summed E-state index contributed by atoms with van der Waals surface area (Å²) in [5.41, 5.74) is 0. The van der Waals surface area contributed by atoms with Gasteiger partial charge in [-0.1, -0.05) is 13.8 Å². The van der Waals surface area contributed by atoms with Crippen molar-refractivity contribution in [1.29, 1.82) is 0 Å². The van der Waals surface area contributed by atoms with Gasteiger partial charge in [0.25, 0.3) is 0 Å². The summed E-state index contributed by atoms with van der Waals surface area (Å²) in [4.78, 5) is 6.07. The van der Waals surface area contributed by atoms with Gasteiger partial charge in [0.05, 0.1) is 6.20 Å². The molecule has 0 radical (unpaired) electrons. The Balaban J connectivity index is 2.36. The van der Waals surface area contributed by atoms with Gasteiger partial charge in [-0.15, -0.1) is 0 Å². The number of pyridine rings is 1. The molecule has 0 bridgehead atoms. The summed E-state index contributed by atoms with van der Waals surface area (Å²) in [6, 6.07) is 0.959. The van der Waals surface area contributed by atoms with E-state index in [1.807, 2.05) is 6.92 Å². The fourth-order valence-corrected chi connectivity index (χ4v) is 1.99. The largest absolute Gasteiger partial charge is 0.365 e. The average molecular weight is 271 g/mol. The number of rotatable bonds is 8. The Morgan fingerprint density at radius 1 is 1.32 bits per heavy atom. The van der Waals surface area contributed by atoms with Crippen LogP contribution in [0.2, 0.25) is 0 Å². The average Bonchev–Trinajstić information content (AvgIpc) is 2.38. The van der Waals surface area contributed by atoms with E-state index in [9.17, 15) is 8.78 Å². The quantitative estimate of drug-likeness (QED) is 0.786. The molecular weight excluding hydrogens is 248 g/mol. The number of nitrogens with one attached hydrogen (secondary N) is 1. The summed E-state index contributed by atoms with van der Waals surface area (Å²) in [6.07, 6.45) is 2.99. The summed E-state index contributed by atoms with van der Waals surface area (Å²) in [7, 11) is 0. The normalized spacial score (nSPS) is 12.7. The predicted octanol–water partition coefficient (Wildman–Crippen LogP) is 3.28. The standard InChI is InChI=1S/C14H23F2N3/c1-4-19(5-2)8-6-7-11(3)18-14-13(16)9-12(15)10-17-14/h9-11H,4-8H2,1-3H3,(H,17,18). The minimum atomic E-state index is -0.655. The van der Waals surface area contributed by atoms with E-state index in [1.165, 1.54) is 0 Å². The first-order valence-electron chi connectivity index (χ1n) is 6.86. The van der Waals surface area contributed by atoms with Crippen molar-refractivity contribution in [2.75, 3.05) is 25.0 Å². The third kappa shape index (κ3) is 5.51. The molecule has 1 unspecified atom stereocenters. The van der Waals surface area contributed by atoms with E-state index in [2.05, 4.69) is 29.0 Å². The molecule has 1 aromatic rings. The maximum absolute atomic E-state index is 13.4. The van der Waals surface area contributed by atoms with Crippen LogP contribution in [0.15, 0.2) is 12.3 Å². The SMILES string of the molecule is CCN(CC)CCCC(C)Nc1ncc(F)cc1F. The highest BCUT2D eigenvalue weighted by atomic mass is 19.1. The first-order chi connectivity index (χ1) is 9.06. The van der Waals surface area contributed by atoms with Gasteiger partial charge in [-0.25, -0.2) is 13.8 Å². The van der Waals surface area contributed by atoms with Crippen LogP contribution in [0.3, 0.4) is 0 Å². The fourth-order valence-electron chi connectivity index (χ4n) is 1.99. The first-order valence-corrected chi connectivity index (χ1v) is 6.86. The minimum Gasteiger partial charge on any atom is -0.365 e. The van der Waals surface area contributed by atoms with Gasteiger partial charge in [-0.05, 0) is 39.4 Å². The zero-order chi connectivity index (χ0) is 14.3. The Morgan fingerprint density at radius 2 is 2.00 bits per heavy atom. The van der Waals surface area contributed by atoms with Crippen LogP contribution in [0.5, 0.6) is 0 Å². The molecule has 3 nitrogen and oxygen atoms in total. The molecule has 0 aromatic carbocycles. The van der Waals surface area contributed by atoms with E-state index >= 15 is 0 Å². The van der Waals surface area contributed by atoms with Gasteiger partial charge in [0.2, 0.25) is 0 Å². The first kappa shape index (κ1) is 15.8. The summed E-state index contributed by atoms with van der Waals surface area (Å²) in [5.74, 6) is -1.18. The third-order valence-corrected chi connectivity index (χ3v) is 3.20. The predicted molar refractivity (Wildman–Crippen MR) is 74.3 cm³/mol. The van der Waals surface area contributed by atoms with Gasteiger partial charge < -0.3 is 10.2 Å². The molecule has 0 fully saturated rings. The van der Waals surface area contributed by atoms with Crippen molar-refractivity contribution in [2.24, 2.45) is 0 Å². The lowest BCUT2D eigenvalue weighted by atomic mass is 10.1. The molecule has 0 saturated heterocycles. The second-order valence-corrected chi connectivity index (χ2v) is 4.70. The van der Waals surface area contributed by atoms with Gasteiger partial charge in [-0.2, -0.15) is 0 Å². The Kier molecular flexibility index (Phi) is 6.70. The molecule has 0 saturated carbocycles. The van der Waals surface area contributed by atoms with Crippen molar-refractivity contribution >= 4 is 5.82 Å². The van der Waals surface area contributed by atoms with Crippen LogP contribution < -0.4 is 5.32 Å². The number of halogens is 2. The van der Waals surface area contributed by atoms with Gasteiger partial charge >= 0.3 is 0 Å². The number of hydrogen-bond donors (Lipinski definition) is 1. The second kappa shape index (κ2) is 8.04. The summed E-state index contributed by atoms with van der Waals surface area (Å²) in [5, 5.41) is 2.98. The van der Waals surface area contributed by atoms with Crippen molar-refractivity contribution in [3.05, 3.63) is 23.9 Å². The molecule has 5 heteroatoms. The lowest BCUT2D eigenvalue weighted by Gasteiger charge is -2.20.